The molecule has 7 nitrogen and oxygen atoms in total. The van der Waals surface area contributed by atoms with E-state index in [1.54, 1.807) is 37.8 Å². The summed E-state index contributed by atoms with van der Waals surface area (Å²) >= 11 is 0. The fraction of sp³-hybridized carbons (Fsp3) is 0.333. The van der Waals surface area contributed by atoms with Crippen molar-refractivity contribution in [2.24, 2.45) is 7.05 Å². The van der Waals surface area contributed by atoms with Crippen LogP contribution in [0.2, 0.25) is 0 Å². The lowest BCUT2D eigenvalue weighted by atomic mass is 10.2. The van der Waals surface area contributed by atoms with Gasteiger partial charge >= 0.3 is 0 Å². The van der Waals surface area contributed by atoms with E-state index in [1.165, 1.54) is 28.6 Å². The van der Waals surface area contributed by atoms with Crippen LogP contribution >= 0.6 is 0 Å². The SMILES string of the molecule is CCN(CC)S(=O)(=O)c1ccc(C(=O)Nc2ccn(C)n2)cc1. The summed E-state index contributed by atoms with van der Waals surface area (Å²) in [5, 5.41) is 6.71. The van der Waals surface area contributed by atoms with Crippen LogP contribution in [0.15, 0.2) is 41.4 Å². The van der Waals surface area contributed by atoms with Crippen molar-refractivity contribution in [3.8, 4) is 0 Å². The van der Waals surface area contributed by atoms with Crippen molar-refractivity contribution >= 4 is 21.7 Å². The molecule has 2 aromatic rings. The average molecular weight is 336 g/mol. The second-order valence-corrected chi connectivity index (χ2v) is 6.88. The lowest BCUT2D eigenvalue weighted by molar-refractivity contribution is 0.102. The number of hydrogen-bond donors (Lipinski definition) is 1. The third-order valence-electron chi connectivity index (χ3n) is 3.41. The van der Waals surface area contributed by atoms with Gasteiger partial charge in [-0.25, -0.2) is 8.42 Å². The van der Waals surface area contributed by atoms with Gasteiger partial charge in [0.25, 0.3) is 5.91 Å². The molecule has 0 saturated carbocycles. The Labute approximate surface area is 136 Å². The highest BCUT2D eigenvalue weighted by Gasteiger charge is 2.21. The van der Waals surface area contributed by atoms with E-state index in [0.29, 0.717) is 24.5 Å². The predicted molar refractivity (Wildman–Crippen MR) is 87.7 cm³/mol. The molecular formula is C15H20N4O3S. The Kier molecular flexibility index (Phi) is 5.17. The number of benzene rings is 1. The maximum atomic E-state index is 12.4. The Hall–Kier alpha value is -2.19. The standard InChI is InChI=1S/C15H20N4O3S/c1-4-19(5-2)23(21,22)13-8-6-12(7-9-13)15(20)16-14-10-11-18(3)17-14/h6-11H,4-5H2,1-3H3,(H,16,17,20). The normalized spacial score (nSPS) is 11.7. The van der Waals surface area contributed by atoms with Gasteiger partial charge in [0.2, 0.25) is 10.0 Å². The van der Waals surface area contributed by atoms with Crippen molar-refractivity contribution in [3.63, 3.8) is 0 Å². The summed E-state index contributed by atoms with van der Waals surface area (Å²) in [6.45, 7) is 4.38. The Morgan fingerprint density at radius 2 is 1.78 bits per heavy atom. The Balaban J connectivity index is 2.17. The topological polar surface area (TPSA) is 84.3 Å². The maximum Gasteiger partial charge on any atom is 0.256 e. The van der Waals surface area contributed by atoms with E-state index in [9.17, 15) is 13.2 Å². The molecule has 8 heteroatoms. The minimum Gasteiger partial charge on any atom is -0.305 e. The van der Waals surface area contributed by atoms with Crippen LogP contribution in [0.4, 0.5) is 5.82 Å². The smallest absolute Gasteiger partial charge is 0.256 e. The molecule has 0 spiro atoms. The fourth-order valence-corrected chi connectivity index (χ4v) is 3.62. The number of amides is 1. The molecule has 1 amide bonds. The van der Waals surface area contributed by atoms with Gasteiger partial charge in [0.15, 0.2) is 5.82 Å². The highest BCUT2D eigenvalue weighted by atomic mass is 32.2. The van der Waals surface area contributed by atoms with Crippen molar-refractivity contribution in [2.45, 2.75) is 18.7 Å². The van der Waals surface area contributed by atoms with E-state index in [0.717, 1.165) is 0 Å². The van der Waals surface area contributed by atoms with Gasteiger partial charge in [0.1, 0.15) is 0 Å². The van der Waals surface area contributed by atoms with Gasteiger partial charge in [-0.05, 0) is 24.3 Å². The number of sulfonamides is 1. The first kappa shape index (κ1) is 17.2. The van der Waals surface area contributed by atoms with Crippen LogP contribution in [-0.2, 0) is 17.1 Å². The molecule has 0 aliphatic rings. The van der Waals surface area contributed by atoms with E-state index in [1.807, 2.05) is 0 Å². The summed E-state index contributed by atoms with van der Waals surface area (Å²) in [4.78, 5) is 12.3. The maximum absolute atomic E-state index is 12.4. The van der Waals surface area contributed by atoms with Crippen LogP contribution in [0.1, 0.15) is 24.2 Å². The van der Waals surface area contributed by atoms with Crippen LogP contribution in [0.25, 0.3) is 0 Å². The zero-order chi connectivity index (χ0) is 17.0. The zero-order valence-electron chi connectivity index (χ0n) is 13.4. The zero-order valence-corrected chi connectivity index (χ0v) is 14.2. The molecule has 124 valence electrons. The molecule has 0 bridgehead atoms. The number of hydrogen-bond acceptors (Lipinski definition) is 4. The average Bonchev–Trinajstić information content (AvgIpc) is 2.93. The minimum atomic E-state index is -3.51. The summed E-state index contributed by atoms with van der Waals surface area (Å²) in [7, 11) is -1.76. The second-order valence-electron chi connectivity index (χ2n) is 4.94. The summed E-state index contributed by atoms with van der Waals surface area (Å²) in [5.41, 5.74) is 0.370. The summed E-state index contributed by atoms with van der Waals surface area (Å²) in [6.07, 6.45) is 1.72. The third kappa shape index (κ3) is 3.77. The number of aromatic nitrogens is 2. The van der Waals surface area contributed by atoms with Gasteiger partial charge in [-0.15, -0.1) is 0 Å². The minimum absolute atomic E-state index is 0.176. The Morgan fingerprint density at radius 1 is 1.17 bits per heavy atom. The Morgan fingerprint density at radius 3 is 2.26 bits per heavy atom. The van der Waals surface area contributed by atoms with Crippen LogP contribution in [0.5, 0.6) is 0 Å². The molecule has 0 atom stereocenters. The van der Waals surface area contributed by atoms with Crippen molar-refractivity contribution < 1.29 is 13.2 Å². The third-order valence-corrected chi connectivity index (χ3v) is 5.48. The number of carbonyl (C=O) groups excluding carboxylic acids is 1. The van der Waals surface area contributed by atoms with Crippen molar-refractivity contribution in [1.29, 1.82) is 0 Å². The number of anilines is 1. The van der Waals surface area contributed by atoms with Gasteiger partial charge in [0.05, 0.1) is 4.90 Å². The molecule has 0 radical (unpaired) electrons. The van der Waals surface area contributed by atoms with Crippen LogP contribution in [0.3, 0.4) is 0 Å². The van der Waals surface area contributed by atoms with E-state index >= 15 is 0 Å². The molecule has 2 rings (SSSR count). The summed E-state index contributed by atoms with van der Waals surface area (Å²) in [5.74, 6) is 0.104. The van der Waals surface area contributed by atoms with E-state index in [2.05, 4.69) is 10.4 Å². The lowest BCUT2D eigenvalue weighted by Gasteiger charge is -2.18. The second kappa shape index (κ2) is 6.93. The van der Waals surface area contributed by atoms with Gasteiger partial charge in [-0.1, -0.05) is 13.8 Å². The number of aryl methyl sites for hydroxylation is 1. The molecule has 0 aliphatic heterocycles. The first-order valence-electron chi connectivity index (χ1n) is 7.29. The summed E-state index contributed by atoms with van der Waals surface area (Å²) < 4.78 is 27.7. The molecule has 23 heavy (non-hydrogen) atoms. The van der Waals surface area contributed by atoms with E-state index in [4.69, 9.17) is 0 Å². The fourth-order valence-electron chi connectivity index (χ4n) is 2.16. The van der Waals surface area contributed by atoms with Crippen molar-refractivity contribution in [1.82, 2.24) is 14.1 Å². The van der Waals surface area contributed by atoms with Crippen LogP contribution < -0.4 is 5.32 Å². The predicted octanol–water partition coefficient (Wildman–Crippen LogP) is 1.70. The largest absolute Gasteiger partial charge is 0.305 e. The first-order chi connectivity index (χ1) is 10.9. The van der Waals surface area contributed by atoms with Gasteiger partial charge < -0.3 is 5.32 Å². The Bertz CT molecular complexity index is 777. The van der Waals surface area contributed by atoms with Crippen molar-refractivity contribution in [2.75, 3.05) is 18.4 Å². The molecule has 1 N–H and O–H groups in total. The molecule has 0 unspecified atom stereocenters. The number of rotatable bonds is 6. The lowest BCUT2D eigenvalue weighted by Crippen LogP contribution is -2.30. The first-order valence-corrected chi connectivity index (χ1v) is 8.73. The van der Waals surface area contributed by atoms with E-state index < -0.39 is 10.0 Å². The molecule has 1 aromatic carbocycles. The van der Waals surface area contributed by atoms with Crippen LogP contribution in [0, 0.1) is 0 Å². The van der Waals surface area contributed by atoms with Gasteiger partial charge in [-0.2, -0.15) is 9.40 Å². The molecule has 0 saturated heterocycles. The van der Waals surface area contributed by atoms with Gasteiger partial charge in [-0.3, -0.25) is 9.48 Å². The number of nitrogens with zero attached hydrogens (tertiary/aromatic N) is 3. The molecular weight excluding hydrogens is 316 g/mol. The number of carbonyl (C=O) groups is 1. The van der Waals surface area contributed by atoms with Crippen molar-refractivity contribution in [3.05, 3.63) is 42.1 Å². The van der Waals surface area contributed by atoms with E-state index in [-0.39, 0.29) is 10.8 Å². The molecule has 1 heterocycles. The molecule has 0 aliphatic carbocycles. The quantitative estimate of drug-likeness (QED) is 0.870. The van der Waals surface area contributed by atoms with Gasteiger partial charge in [0, 0.05) is 38.0 Å². The molecule has 1 aromatic heterocycles. The molecule has 0 fully saturated rings. The highest BCUT2D eigenvalue weighted by Crippen LogP contribution is 2.16. The van der Waals surface area contributed by atoms with Crippen LogP contribution in [-0.4, -0.2) is 41.5 Å². The monoisotopic (exact) mass is 336 g/mol. The number of nitrogens with one attached hydrogen (secondary N) is 1. The highest BCUT2D eigenvalue weighted by molar-refractivity contribution is 7.89. The summed E-state index contributed by atoms with van der Waals surface area (Å²) in [6, 6.07) is 7.56.